The van der Waals surface area contributed by atoms with Crippen LogP contribution in [-0.4, -0.2) is 33.0 Å². The highest BCUT2D eigenvalue weighted by Crippen LogP contribution is 2.28. The van der Waals surface area contributed by atoms with Crippen LogP contribution in [0.5, 0.6) is 5.75 Å². The lowest BCUT2D eigenvalue weighted by atomic mass is 10.1. The van der Waals surface area contributed by atoms with E-state index in [-0.39, 0.29) is 0 Å². The van der Waals surface area contributed by atoms with Gasteiger partial charge < -0.3 is 4.74 Å². The first-order valence-corrected chi connectivity index (χ1v) is 10.0. The third kappa shape index (κ3) is 4.13. The SMILES string of the molecule is CCCCc1c(C)nc2nc(SCc3cc(C=O)ccc3OC)nn2c1C. The van der Waals surface area contributed by atoms with Crippen LogP contribution in [0.3, 0.4) is 0 Å². The second-order valence-corrected chi connectivity index (χ2v) is 7.39. The van der Waals surface area contributed by atoms with E-state index in [1.807, 2.05) is 23.6 Å². The minimum absolute atomic E-state index is 0.614. The van der Waals surface area contributed by atoms with Crippen LogP contribution in [0, 0.1) is 13.8 Å². The van der Waals surface area contributed by atoms with E-state index in [2.05, 4.69) is 28.9 Å². The number of benzene rings is 1. The molecule has 1 aromatic carbocycles. The van der Waals surface area contributed by atoms with Crippen LogP contribution in [0.2, 0.25) is 0 Å². The molecule has 3 aromatic rings. The van der Waals surface area contributed by atoms with Crippen molar-refractivity contribution in [3.8, 4) is 5.75 Å². The van der Waals surface area contributed by atoms with Crippen molar-refractivity contribution in [1.29, 1.82) is 0 Å². The first kappa shape index (κ1) is 19.4. The molecular formula is C20H24N4O2S. The molecule has 0 saturated carbocycles. The quantitative estimate of drug-likeness (QED) is 0.428. The van der Waals surface area contributed by atoms with Crippen molar-refractivity contribution in [2.24, 2.45) is 0 Å². The predicted molar refractivity (Wildman–Crippen MR) is 107 cm³/mol. The van der Waals surface area contributed by atoms with Gasteiger partial charge in [-0.2, -0.15) is 4.98 Å². The van der Waals surface area contributed by atoms with Crippen molar-refractivity contribution in [2.45, 2.75) is 50.9 Å². The maximum Gasteiger partial charge on any atom is 0.253 e. The zero-order valence-electron chi connectivity index (χ0n) is 16.2. The van der Waals surface area contributed by atoms with E-state index in [4.69, 9.17) is 4.74 Å². The summed E-state index contributed by atoms with van der Waals surface area (Å²) in [7, 11) is 1.63. The molecule has 2 aromatic heterocycles. The summed E-state index contributed by atoms with van der Waals surface area (Å²) in [6.07, 6.45) is 4.13. The van der Waals surface area contributed by atoms with Gasteiger partial charge >= 0.3 is 0 Å². The monoisotopic (exact) mass is 384 g/mol. The number of carbonyl (C=O) groups excluding carboxylic acids is 1. The lowest BCUT2D eigenvalue weighted by molar-refractivity contribution is 0.112. The fourth-order valence-electron chi connectivity index (χ4n) is 3.09. The van der Waals surface area contributed by atoms with E-state index in [0.29, 0.717) is 22.3 Å². The summed E-state index contributed by atoms with van der Waals surface area (Å²) in [6, 6.07) is 5.40. The van der Waals surface area contributed by atoms with Gasteiger partial charge in [-0.25, -0.2) is 9.50 Å². The fourth-order valence-corrected chi connectivity index (χ4v) is 3.89. The molecule has 0 aliphatic heterocycles. The molecule has 0 bridgehead atoms. The lowest BCUT2D eigenvalue weighted by Crippen LogP contribution is -2.05. The Kier molecular flexibility index (Phi) is 6.11. The minimum Gasteiger partial charge on any atom is -0.496 e. The van der Waals surface area contributed by atoms with Gasteiger partial charge in [-0.15, -0.1) is 5.10 Å². The van der Waals surface area contributed by atoms with Gasteiger partial charge in [-0.1, -0.05) is 25.1 Å². The molecule has 0 N–H and O–H groups in total. The summed E-state index contributed by atoms with van der Waals surface area (Å²) in [6.45, 7) is 6.30. The van der Waals surface area contributed by atoms with E-state index in [1.165, 1.54) is 17.3 Å². The molecule has 0 atom stereocenters. The first-order chi connectivity index (χ1) is 13.1. The van der Waals surface area contributed by atoms with E-state index >= 15 is 0 Å². The molecule has 3 rings (SSSR count). The summed E-state index contributed by atoms with van der Waals surface area (Å²) < 4.78 is 7.23. The van der Waals surface area contributed by atoms with Crippen LogP contribution in [0.25, 0.3) is 5.78 Å². The summed E-state index contributed by atoms with van der Waals surface area (Å²) in [5.41, 5.74) is 4.95. The van der Waals surface area contributed by atoms with Crippen molar-refractivity contribution in [3.05, 3.63) is 46.3 Å². The smallest absolute Gasteiger partial charge is 0.253 e. The summed E-state index contributed by atoms with van der Waals surface area (Å²) in [5.74, 6) is 1.99. The molecule has 0 aliphatic carbocycles. The Morgan fingerprint density at radius 3 is 2.78 bits per heavy atom. The summed E-state index contributed by atoms with van der Waals surface area (Å²) in [4.78, 5) is 20.2. The van der Waals surface area contributed by atoms with E-state index < -0.39 is 0 Å². The standard InChI is InChI=1S/C20H24N4O2S/c1-5-6-7-17-13(2)21-19-22-20(23-24(19)14(17)3)27-12-16-10-15(11-25)8-9-18(16)26-4/h8-11H,5-7,12H2,1-4H3. The molecule has 0 unspecified atom stereocenters. The van der Waals surface area contributed by atoms with Crippen LogP contribution in [0.4, 0.5) is 0 Å². The van der Waals surface area contributed by atoms with Gasteiger partial charge in [0.1, 0.15) is 12.0 Å². The average molecular weight is 385 g/mol. The molecule has 0 radical (unpaired) electrons. The number of hydrogen-bond acceptors (Lipinski definition) is 6. The summed E-state index contributed by atoms with van der Waals surface area (Å²) in [5, 5.41) is 5.29. The Balaban J connectivity index is 1.86. The van der Waals surface area contributed by atoms with Gasteiger partial charge in [0.15, 0.2) is 0 Å². The topological polar surface area (TPSA) is 69.4 Å². The summed E-state index contributed by atoms with van der Waals surface area (Å²) >= 11 is 1.51. The number of fused-ring (bicyclic) bond motifs is 1. The second kappa shape index (κ2) is 8.52. The van der Waals surface area contributed by atoms with Gasteiger partial charge in [0, 0.05) is 28.3 Å². The number of aldehydes is 1. The largest absolute Gasteiger partial charge is 0.496 e. The lowest BCUT2D eigenvalue weighted by Gasteiger charge is -2.09. The third-order valence-corrected chi connectivity index (χ3v) is 5.49. The van der Waals surface area contributed by atoms with Gasteiger partial charge in [-0.05, 0) is 50.5 Å². The zero-order chi connectivity index (χ0) is 19.4. The molecular weight excluding hydrogens is 360 g/mol. The van der Waals surface area contributed by atoms with Crippen LogP contribution >= 0.6 is 11.8 Å². The number of hydrogen-bond donors (Lipinski definition) is 0. The number of thioether (sulfide) groups is 1. The van der Waals surface area contributed by atoms with Crippen LogP contribution in [0.15, 0.2) is 23.4 Å². The number of rotatable bonds is 8. The van der Waals surface area contributed by atoms with Crippen LogP contribution in [-0.2, 0) is 12.2 Å². The van der Waals surface area contributed by atoms with Crippen molar-refractivity contribution in [2.75, 3.05) is 7.11 Å². The van der Waals surface area contributed by atoms with Crippen molar-refractivity contribution < 1.29 is 9.53 Å². The minimum atomic E-state index is 0.614. The van der Waals surface area contributed by atoms with E-state index in [0.717, 1.165) is 48.2 Å². The number of methoxy groups -OCH3 is 1. The zero-order valence-corrected chi connectivity index (χ0v) is 17.0. The number of carbonyl (C=O) groups is 1. The fraction of sp³-hybridized carbons (Fsp3) is 0.400. The Labute approximate surface area is 163 Å². The number of aryl methyl sites for hydroxylation is 2. The third-order valence-electron chi connectivity index (χ3n) is 4.61. The van der Waals surface area contributed by atoms with E-state index in [1.54, 1.807) is 13.2 Å². The number of nitrogens with zero attached hydrogens (tertiary/aromatic N) is 4. The molecule has 0 saturated heterocycles. The predicted octanol–water partition coefficient (Wildman–Crippen LogP) is 4.20. The Morgan fingerprint density at radius 2 is 2.07 bits per heavy atom. The Hall–Kier alpha value is -2.41. The first-order valence-electron chi connectivity index (χ1n) is 9.05. The highest BCUT2D eigenvalue weighted by atomic mass is 32.2. The van der Waals surface area contributed by atoms with Gasteiger partial charge in [0.05, 0.1) is 7.11 Å². The highest BCUT2D eigenvalue weighted by Gasteiger charge is 2.14. The number of aromatic nitrogens is 4. The number of unbranched alkanes of at least 4 members (excludes halogenated alkanes) is 1. The molecule has 142 valence electrons. The van der Waals surface area contributed by atoms with Gasteiger partial charge in [0.25, 0.3) is 5.78 Å². The Bertz CT molecular complexity index is 968. The normalized spacial score (nSPS) is 11.1. The molecule has 0 aliphatic rings. The van der Waals surface area contributed by atoms with E-state index in [9.17, 15) is 4.79 Å². The molecule has 0 spiro atoms. The Morgan fingerprint density at radius 1 is 1.26 bits per heavy atom. The van der Waals surface area contributed by atoms with Crippen molar-refractivity contribution in [3.63, 3.8) is 0 Å². The molecule has 0 amide bonds. The highest BCUT2D eigenvalue weighted by molar-refractivity contribution is 7.98. The van der Waals surface area contributed by atoms with Gasteiger partial charge in [-0.3, -0.25) is 4.79 Å². The van der Waals surface area contributed by atoms with Crippen LogP contribution < -0.4 is 4.74 Å². The van der Waals surface area contributed by atoms with Crippen molar-refractivity contribution >= 4 is 23.8 Å². The molecule has 7 heteroatoms. The van der Waals surface area contributed by atoms with Crippen molar-refractivity contribution in [1.82, 2.24) is 19.6 Å². The second-order valence-electron chi connectivity index (χ2n) is 6.45. The van der Waals surface area contributed by atoms with Crippen LogP contribution in [0.1, 0.15) is 52.6 Å². The maximum absolute atomic E-state index is 11.0. The average Bonchev–Trinajstić information content (AvgIpc) is 3.09. The molecule has 2 heterocycles. The molecule has 27 heavy (non-hydrogen) atoms. The molecule has 6 nitrogen and oxygen atoms in total. The molecule has 0 fully saturated rings. The maximum atomic E-state index is 11.0. The number of ether oxygens (including phenoxy) is 1. The van der Waals surface area contributed by atoms with Gasteiger partial charge in [0.2, 0.25) is 5.16 Å².